The number of rotatable bonds is 8. The van der Waals surface area contributed by atoms with Gasteiger partial charge in [0.25, 0.3) is 0 Å². The second-order valence-corrected chi connectivity index (χ2v) is 5.45. The number of nitrogens with one attached hydrogen (secondary N) is 1. The molecule has 110 valence electrons. The lowest BCUT2D eigenvalue weighted by Crippen LogP contribution is -2.28. The molecule has 5 heteroatoms. The Morgan fingerprint density at radius 1 is 1.50 bits per heavy atom. The summed E-state index contributed by atoms with van der Waals surface area (Å²) in [6, 6.07) is 8.11. The number of nitrogens with two attached hydrogens (primary N) is 1. The molecule has 0 spiro atoms. The Balaban J connectivity index is 1.80. The summed E-state index contributed by atoms with van der Waals surface area (Å²) in [5.74, 6) is 1.23. The first kappa shape index (κ1) is 14.7. The van der Waals surface area contributed by atoms with Gasteiger partial charge in [0.05, 0.1) is 6.61 Å². The zero-order valence-electron chi connectivity index (χ0n) is 11.9. The van der Waals surface area contributed by atoms with Gasteiger partial charge < -0.3 is 21.0 Å². The molecule has 1 aromatic carbocycles. The first-order chi connectivity index (χ1) is 9.67. The summed E-state index contributed by atoms with van der Waals surface area (Å²) in [7, 11) is 0. The molecular weight excluding hydrogens is 254 g/mol. The van der Waals surface area contributed by atoms with Crippen LogP contribution in [0, 0.1) is 5.41 Å². The summed E-state index contributed by atoms with van der Waals surface area (Å²) in [4.78, 5) is 0. The Bertz CT molecular complexity index is 470. The lowest BCUT2D eigenvalue weighted by Gasteiger charge is -2.15. The minimum Gasteiger partial charge on any atom is -0.494 e. The van der Waals surface area contributed by atoms with Gasteiger partial charge in [-0.2, -0.15) is 0 Å². The van der Waals surface area contributed by atoms with Crippen LogP contribution in [-0.4, -0.2) is 24.2 Å². The lowest BCUT2D eigenvalue weighted by atomic mass is 10.0. The minimum absolute atomic E-state index is 0.188. The average molecular weight is 277 g/mol. The molecule has 1 saturated carbocycles. The highest BCUT2D eigenvalue weighted by molar-refractivity contribution is 5.80. The summed E-state index contributed by atoms with van der Waals surface area (Å²) in [5.41, 5.74) is 6.98. The van der Waals surface area contributed by atoms with Crippen LogP contribution in [0.4, 0.5) is 0 Å². The van der Waals surface area contributed by atoms with Crippen LogP contribution in [0.25, 0.3) is 0 Å². The normalized spacial score (nSPS) is 16.9. The number of hydrogen-bond donors (Lipinski definition) is 3. The van der Waals surface area contributed by atoms with Crippen LogP contribution in [0.3, 0.4) is 0 Å². The van der Waals surface area contributed by atoms with E-state index in [1.165, 1.54) is 5.56 Å². The first-order valence-electron chi connectivity index (χ1n) is 7.06. The van der Waals surface area contributed by atoms with E-state index in [1.54, 1.807) is 0 Å². The van der Waals surface area contributed by atoms with Crippen molar-refractivity contribution in [2.24, 2.45) is 16.3 Å². The van der Waals surface area contributed by atoms with E-state index in [4.69, 9.17) is 15.7 Å². The molecule has 0 aliphatic heterocycles. The van der Waals surface area contributed by atoms with E-state index >= 15 is 0 Å². The Morgan fingerprint density at radius 2 is 2.30 bits per heavy atom. The molecule has 20 heavy (non-hydrogen) atoms. The summed E-state index contributed by atoms with van der Waals surface area (Å²) in [6.07, 6.45) is 2.93. The molecule has 2 rings (SSSR count). The predicted molar refractivity (Wildman–Crippen MR) is 79.0 cm³/mol. The molecule has 0 heterocycles. The zero-order valence-corrected chi connectivity index (χ0v) is 11.9. The second-order valence-electron chi connectivity index (χ2n) is 5.45. The molecule has 0 aromatic heterocycles. The van der Waals surface area contributed by atoms with Crippen LogP contribution in [0.1, 0.15) is 31.7 Å². The highest BCUT2D eigenvalue weighted by Crippen LogP contribution is 2.48. The Hall–Kier alpha value is -1.75. The number of ether oxygens (including phenoxy) is 1. The van der Waals surface area contributed by atoms with Gasteiger partial charge >= 0.3 is 0 Å². The van der Waals surface area contributed by atoms with Gasteiger partial charge in [0, 0.05) is 19.5 Å². The Kier molecular flexibility index (Phi) is 4.84. The molecule has 0 bridgehead atoms. The van der Waals surface area contributed by atoms with Crippen LogP contribution < -0.4 is 15.8 Å². The summed E-state index contributed by atoms with van der Waals surface area (Å²) >= 11 is 0. The molecule has 5 nitrogen and oxygen atoms in total. The molecule has 1 aliphatic carbocycles. The van der Waals surface area contributed by atoms with E-state index in [1.807, 2.05) is 19.1 Å². The standard InChI is InChI=1S/C15H23N3O2/c1-2-20-13-5-3-4-12(8-13)10-17-11-15(6-7-15)9-14(16)18-19/h3-5,8,17,19H,2,6-7,9-11H2,1H3,(H2,16,18). The minimum atomic E-state index is 0.188. The van der Waals surface area contributed by atoms with Gasteiger partial charge in [-0.15, -0.1) is 0 Å². The largest absolute Gasteiger partial charge is 0.494 e. The maximum atomic E-state index is 8.64. The van der Waals surface area contributed by atoms with Gasteiger partial charge in [0.2, 0.25) is 0 Å². The van der Waals surface area contributed by atoms with E-state index in [0.717, 1.165) is 31.7 Å². The van der Waals surface area contributed by atoms with Crippen LogP contribution in [-0.2, 0) is 6.54 Å². The number of oxime groups is 1. The van der Waals surface area contributed by atoms with Gasteiger partial charge in [-0.1, -0.05) is 17.3 Å². The molecule has 0 amide bonds. The van der Waals surface area contributed by atoms with Crippen molar-refractivity contribution in [3.63, 3.8) is 0 Å². The quantitative estimate of drug-likeness (QED) is 0.294. The van der Waals surface area contributed by atoms with Gasteiger partial charge in [-0.05, 0) is 42.9 Å². The van der Waals surface area contributed by atoms with Crippen molar-refractivity contribution in [1.82, 2.24) is 5.32 Å². The molecule has 0 unspecified atom stereocenters. The average Bonchev–Trinajstić information content (AvgIpc) is 3.19. The summed E-state index contributed by atoms with van der Waals surface area (Å²) < 4.78 is 5.49. The number of amidine groups is 1. The van der Waals surface area contributed by atoms with Gasteiger partial charge in [-0.3, -0.25) is 0 Å². The van der Waals surface area contributed by atoms with Crippen LogP contribution in [0.2, 0.25) is 0 Å². The van der Waals surface area contributed by atoms with Crippen molar-refractivity contribution in [2.75, 3.05) is 13.2 Å². The van der Waals surface area contributed by atoms with Crippen molar-refractivity contribution >= 4 is 5.84 Å². The highest BCUT2D eigenvalue weighted by atomic mass is 16.5. The maximum absolute atomic E-state index is 8.64. The summed E-state index contributed by atoms with van der Waals surface area (Å²) in [6.45, 7) is 4.36. The number of benzene rings is 1. The van der Waals surface area contributed by atoms with Crippen molar-refractivity contribution in [3.8, 4) is 5.75 Å². The lowest BCUT2D eigenvalue weighted by molar-refractivity contribution is 0.314. The highest BCUT2D eigenvalue weighted by Gasteiger charge is 2.42. The smallest absolute Gasteiger partial charge is 0.139 e. The third-order valence-corrected chi connectivity index (χ3v) is 3.68. The van der Waals surface area contributed by atoms with E-state index in [2.05, 4.69) is 22.6 Å². The van der Waals surface area contributed by atoms with E-state index in [-0.39, 0.29) is 5.41 Å². The Morgan fingerprint density at radius 3 is 2.95 bits per heavy atom. The van der Waals surface area contributed by atoms with Crippen molar-refractivity contribution in [1.29, 1.82) is 0 Å². The van der Waals surface area contributed by atoms with Gasteiger partial charge in [0.15, 0.2) is 0 Å². The molecule has 1 aromatic rings. The zero-order chi connectivity index (χ0) is 14.4. The molecule has 1 aliphatic rings. The van der Waals surface area contributed by atoms with Crippen molar-refractivity contribution in [2.45, 2.75) is 32.7 Å². The number of hydrogen-bond acceptors (Lipinski definition) is 4. The summed E-state index contributed by atoms with van der Waals surface area (Å²) in [5, 5.41) is 15.2. The molecule has 0 saturated heterocycles. The fourth-order valence-electron chi connectivity index (χ4n) is 2.40. The molecule has 0 atom stereocenters. The third-order valence-electron chi connectivity index (χ3n) is 3.68. The van der Waals surface area contributed by atoms with Gasteiger partial charge in [0.1, 0.15) is 11.6 Å². The fraction of sp³-hybridized carbons (Fsp3) is 0.533. The van der Waals surface area contributed by atoms with Crippen molar-refractivity contribution in [3.05, 3.63) is 29.8 Å². The van der Waals surface area contributed by atoms with E-state index < -0.39 is 0 Å². The monoisotopic (exact) mass is 277 g/mol. The molecular formula is C15H23N3O2. The molecule has 4 N–H and O–H groups in total. The maximum Gasteiger partial charge on any atom is 0.139 e. The van der Waals surface area contributed by atoms with E-state index in [0.29, 0.717) is 18.9 Å². The van der Waals surface area contributed by atoms with Crippen LogP contribution >= 0.6 is 0 Å². The van der Waals surface area contributed by atoms with Crippen LogP contribution in [0.15, 0.2) is 29.4 Å². The Labute approximate surface area is 119 Å². The first-order valence-corrected chi connectivity index (χ1v) is 7.06. The SMILES string of the molecule is CCOc1cccc(CNCC2(CC(N)=NO)CC2)c1. The molecule has 1 fully saturated rings. The third kappa shape index (κ3) is 4.13. The van der Waals surface area contributed by atoms with Gasteiger partial charge in [-0.25, -0.2) is 0 Å². The van der Waals surface area contributed by atoms with Crippen molar-refractivity contribution < 1.29 is 9.94 Å². The van der Waals surface area contributed by atoms with Crippen LogP contribution in [0.5, 0.6) is 5.75 Å². The van der Waals surface area contributed by atoms with E-state index in [9.17, 15) is 0 Å². The predicted octanol–water partition coefficient (Wildman–Crippen LogP) is 2.09. The topological polar surface area (TPSA) is 79.9 Å². The fourth-order valence-corrected chi connectivity index (χ4v) is 2.40. The second kappa shape index (κ2) is 6.61. The molecule has 0 radical (unpaired) electrons. The number of nitrogens with zero attached hydrogens (tertiary/aromatic N) is 1.